The van der Waals surface area contributed by atoms with E-state index in [0.29, 0.717) is 0 Å². The van der Waals surface area contributed by atoms with Crippen LogP contribution in [0.2, 0.25) is 0 Å². The Morgan fingerprint density at radius 1 is 1.50 bits per heavy atom. The Bertz CT molecular complexity index is 552. The van der Waals surface area contributed by atoms with Crippen LogP contribution in [0.5, 0.6) is 0 Å². The molecule has 1 aliphatic rings. The van der Waals surface area contributed by atoms with Gasteiger partial charge < -0.3 is 10.4 Å². The van der Waals surface area contributed by atoms with Gasteiger partial charge in [-0.15, -0.1) is 0 Å². The minimum atomic E-state index is -1.21. The van der Waals surface area contributed by atoms with Crippen molar-refractivity contribution in [2.45, 2.75) is 18.6 Å². The van der Waals surface area contributed by atoms with Crippen LogP contribution in [-0.2, 0) is 4.79 Å². The third-order valence-electron chi connectivity index (χ3n) is 3.16. The summed E-state index contributed by atoms with van der Waals surface area (Å²) in [5, 5.41) is 22.5. The quantitative estimate of drug-likeness (QED) is 0.618. The summed E-state index contributed by atoms with van der Waals surface area (Å²) in [5.74, 6) is -3.32. The molecule has 0 bridgehead atoms. The molecule has 1 saturated carbocycles. The van der Waals surface area contributed by atoms with Crippen molar-refractivity contribution in [3.05, 3.63) is 45.5 Å². The van der Waals surface area contributed by atoms with Gasteiger partial charge in [-0.05, 0) is 17.7 Å². The molecule has 1 aromatic rings. The smallest absolute Gasteiger partial charge is 0.230 e. The Hall–Kier alpha value is -2.09. The van der Waals surface area contributed by atoms with E-state index in [9.17, 15) is 28.8 Å². The molecule has 1 aromatic carbocycles. The van der Waals surface area contributed by atoms with Gasteiger partial charge >= 0.3 is 0 Å². The zero-order valence-corrected chi connectivity index (χ0v) is 10.3. The Labute approximate surface area is 112 Å². The molecule has 0 spiro atoms. The number of benzene rings is 1. The van der Waals surface area contributed by atoms with Crippen LogP contribution < -0.4 is 5.32 Å². The zero-order chi connectivity index (χ0) is 14.9. The molecule has 1 amide bonds. The van der Waals surface area contributed by atoms with E-state index in [-0.39, 0.29) is 18.5 Å². The molecule has 0 heterocycles. The van der Waals surface area contributed by atoms with Gasteiger partial charge in [-0.2, -0.15) is 0 Å². The molecule has 20 heavy (non-hydrogen) atoms. The van der Waals surface area contributed by atoms with Gasteiger partial charge in [-0.25, -0.2) is 8.78 Å². The first-order valence-corrected chi connectivity index (χ1v) is 5.94. The third kappa shape index (κ3) is 3.08. The summed E-state index contributed by atoms with van der Waals surface area (Å²) in [5.41, 5.74) is 0.117. The lowest BCUT2D eigenvalue weighted by atomic mass is 10.1. The maximum absolute atomic E-state index is 13.0. The summed E-state index contributed by atoms with van der Waals surface area (Å²) in [7, 11) is 0. The molecule has 2 N–H and O–H groups in total. The van der Waals surface area contributed by atoms with Gasteiger partial charge in [0.05, 0.1) is 6.10 Å². The average molecular weight is 286 g/mol. The molecule has 1 fully saturated rings. The maximum atomic E-state index is 13.0. The number of halogens is 2. The molecule has 6 nitrogen and oxygen atoms in total. The number of carbonyl (C=O) groups excluding carboxylic acids is 1. The van der Waals surface area contributed by atoms with Gasteiger partial charge in [0.2, 0.25) is 11.9 Å². The summed E-state index contributed by atoms with van der Waals surface area (Å²) in [6.45, 7) is -0.217. The van der Waals surface area contributed by atoms with Gasteiger partial charge in [0.25, 0.3) is 0 Å². The van der Waals surface area contributed by atoms with E-state index in [2.05, 4.69) is 5.32 Å². The van der Waals surface area contributed by atoms with Crippen LogP contribution in [0, 0.1) is 27.7 Å². The van der Waals surface area contributed by atoms with Gasteiger partial charge in [0.15, 0.2) is 11.6 Å². The number of amides is 1. The van der Waals surface area contributed by atoms with E-state index in [1.54, 1.807) is 0 Å². The minimum Gasteiger partial charge on any atom is -0.387 e. The van der Waals surface area contributed by atoms with Crippen molar-refractivity contribution in [2.75, 3.05) is 6.54 Å². The Balaban J connectivity index is 1.86. The van der Waals surface area contributed by atoms with E-state index in [1.165, 1.54) is 6.07 Å². The highest BCUT2D eigenvalue weighted by Gasteiger charge is 2.53. The normalized spacial score (nSPS) is 22.1. The lowest BCUT2D eigenvalue weighted by Gasteiger charge is -2.12. The second kappa shape index (κ2) is 5.49. The lowest BCUT2D eigenvalue weighted by molar-refractivity contribution is -0.497. The predicted octanol–water partition coefficient (Wildman–Crippen LogP) is 0.780. The van der Waals surface area contributed by atoms with E-state index in [4.69, 9.17) is 0 Å². The van der Waals surface area contributed by atoms with Crippen LogP contribution in [0.3, 0.4) is 0 Å². The molecule has 1 aliphatic carbocycles. The summed E-state index contributed by atoms with van der Waals surface area (Å²) in [6, 6.07) is 2.05. The van der Waals surface area contributed by atoms with Gasteiger partial charge in [0.1, 0.15) is 5.92 Å². The molecule has 0 unspecified atom stereocenters. The van der Waals surface area contributed by atoms with E-state index in [1.807, 2.05) is 0 Å². The van der Waals surface area contributed by atoms with Crippen molar-refractivity contribution in [1.29, 1.82) is 0 Å². The number of carbonyl (C=O) groups is 1. The summed E-state index contributed by atoms with van der Waals surface area (Å²) < 4.78 is 25.7. The van der Waals surface area contributed by atoms with Crippen LogP contribution in [-0.4, -0.2) is 28.5 Å². The molecule has 2 rings (SSSR count). The van der Waals surface area contributed by atoms with Crippen molar-refractivity contribution in [3.63, 3.8) is 0 Å². The number of aliphatic hydroxyl groups excluding tert-OH is 1. The maximum Gasteiger partial charge on any atom is 0.230 e. The van der Waals surface area contributed by atoms with Crippen molar-refractivity contribution in [1.82, 2.24) is 5.32 Å². The van der Waals surface area contributed by atoms with Crippen molar-refractivity contribution >= 4 is 5.91 Å². The van der Waals surface area contributed by atoms with Gasteiger partial charge in [-0.3, -0.25) is 14.9 Å². The fourth-order valence-corrected chi connectivity index (χ4v) is 1.86. The first-order valence-electron chi connectivity index (χ1n) is 5.94. The van der Waals surface area contributed by atoms with Crippen LogP contribution in [0.15, 0.2) is 18.2 Å². The zero-order valence-electron chi connectivity index (χ0n) is 10.3. The first kappa shape index (κ1) is 14.3. The number of aliphatic hydroxyl groups is 1. The average Bonchev–Trinajstić information content (AvgIpc) is 3.19. The molecule has 108 valence electrons. The summed E-state index contributed by atoms with van der Waals surface area (Å²) >= 11 is 0. The Morgan fingerprint density at radius 2 is 2.20 bits per heavy atom. The summed E-state index contributed by atoms with van der Waals surface area (Å²) in [6.07, 6.45) is -1.03. The van der Waals surface area contributed by atoms with E-state index >= 15 is 0 Å². The molecule has 8 heteroatoms. The SMILES string of the molecule is O=C(NC[C@H](O)c1ccc(F)c(F)c1)[C@H]1C[C@H]1[N+](=O)[O-]. The topological polar surface area (TPSA) is 92.5 Å². The highest BCUT2D eigenvalue weighted by Crippen LogP contribution is 2.33. The molecular formula is C12H12F2N2O4. The second-order valence-corrected chi connectivity index (χ2v) is 4.63. The number of nitrogens with one attached hydrogen (secondary N) is 1. The van der Waals surface area contributed by atoms with Crippen molar-refractivity contribution < 1.29 is 23.6 Å². The number of hydrogen-bond donors (Lipinski definition) is 2. The van der Waals surface area contributed by atoms with E-state index < -0.39 is 40.5 Å². The first-order chi connectivity index (χ1) is 9.40. The lowest BCUT2D eigenvalue weighted by Crippen LogP contribution is -2.31. The van der Waals surface area contributed by atoms with Crippen LogP contribution in [0.4, 0.5) is 8.78 Å². The fourth-order valence-electron chi connectivity index (χ4n) is 1.86. The standard InChI is InChI=1S/C12H12F2N2O4/c13-8-2-1-6(3-9(8)14)11(17)5-15-12(18)7-4-10(7)16(19)20/h1-3,7,10-11,17H,4-5H2,(H,15,18)/t7-,10+,11-/m0/s1. The Morgan fingerprint density at radius 3 is 2.75 bits per heavy atom. The number of nitrogens with zero attached hydrogens (tertiary/aromatic N) is 1. The molecule has 0 saturated heterocycles. The number of hydrogen-bond acceptors (Lipinski definition) is 4. The minimum absolute atomic E-state index is 0.117. The van der Waals surface area contributed by atoms with Crippen LogP contribution in [0.25, 0.3) is 0 Å². The predicted molar refractivity (Wildman–Crippen MR) is 63.2 cm³/mol. The van der Waals surface area contributed by atoms with Crippen LogP contribution >= 0.6 is 0 Å². The number of nitro groups is 1. The van der Waals surface area contributed by atoms with Crippen molar-refractivity contribution in [3.8, 4) is 0 Å². The monoisotopic (exact) mass is 286 g/mol. The summed E-state index contributed by atoms with van der Waals surface area (Å²) in [4.78, 5) is 21.4. The molecule has 0 aromatic heterocycles. The van der Waals surface area contributed by atoms with Gasteiger partial charge in [-0.1, -0.05) is 6.07 Å². The number of rotatable bonds is 5. The highest BCUT2D eigenvalue weighted by atomic mass is 19.2. The van der Waals surface area contributed by atoms with Gasteiger partial charge in [0, 0.05) is 17.9 Å². The van der Waals surface area contributed by atoms with E-state index in [0.717, 1.165) is 12.1 Å². The molecule has 0 radical (unpaired) electrons. The highest BCUT2D eigenvalue weighted by molar-refractivity contribution is 5.82. The van der Waals surface area contributed by atoms with Crippen molar-refractivity contribution in [2.24, 2.45) is 5.92 Å². The fraction of sp³-hybridized carbons (Fsp3) is 0.417. The molecule has 3 atom stereocenters. The third-order valence-corrected chi connectivity index (χ3v) is 3.16. The molecular weight excluding hydrogens is 274 g/mol. The Kier molecular flexibility index (Phi) is 3.93. The molecule has 0 aliphatic heterocycles. The van der Waals surface area contributed by atoms with Crippen LogP contribution in [0.1, 0.15) is 18.1 Å². The second-order valence-electron chi connectivity index (χ2n) is 4.63. The largest absolute Gasteiger partial charge is 0.387 e.